The van der Waals surface area contributed by atoms with Crippen LogP contribution in [0.3, 0.4) is 0 Å². The van der Waals surface area contributed by atoms with Crippen molar-refractivity contribution in [2.24, 2.45) is 0 Å². The van der Waals surface area contributed by atoms with Crippen LogP contribution in [0, 0.1) is 5.82 Å². The highest BCUT2D eigenvalue weighted by atomic mass is 35.5. The average molecular weight is 300 g/mol. The van der Waals surface area contributed by atoms with Gasteiger partial charge in [-0.2, -0.15) is 0 Å². The molecule has 1 aromatic heterocycles. The van der Waals surface area contributed by atoms with Crippen LogP contribution >= 0.6 is 22.9 Å². The number of anilines is 1. The SMILES string of the molecule is O=C(O)c1ccc(C(=O)Nc2ccc(F)cc2Cl)s1. The van der Waals surface area contributed by atoms with Gasteiger partial charge in [0.05, 0.1) is 15.6 Å². The summed E-state index contributed by atoms with van der Waals surface area (Å²) in [4.78, 5) is 22.8. The predicted molar refractivity (Wildman–Crippen MR) is 70.6 cm³/mol. The highest BCUT2D eigenvalue weighted by Crippen LogP contribution is 2.24. The molecule has 4 nitrogen and oxygen atoms in total. The van der Waals surface area contributed by atoms with Crippen molar-refractivity contribution in [3.05, 3.63) is 50.9 Å². The summed E-state index contributed by atoms with van der Waals surface area (Å²) in [6, 6.07) is 6.32. The Balaban J connectivity index is 2.18. The molecule has 0 aliphatic carbocycles. The molecule has 0 radical (unpaired) electrons. The molecule has 0 saturated carbocycles. The third kappa shape index (κ3) is 3.10. The quantitative estimate of drug-likeness (QED) is 0.911. The van der Waals surface area contributed by atoms with E-state index in [-0.39, 0.29) is 20.5 Å². The maximum Gasteiger partial charge on any atom is 0.345 e. The number of thiophene rings is 1. The zero-order valence-electron chi connectivity index (χ0n) is 9.31. The molecule has 0 saturated heterocycles. The number of carbonyl (C=O) groups excluding carboxylic acids is 1. The summed E-state index contributed by atoms with van der Waals surface area (Å²) in [7, 11) is 0. The van der Waals surface area contributed by atoms with Crippen molar-refractivity contribution < 1.29 is 19.1 Å². The fraction of sp³-hybridized carbons (Fsp3) is 0. The first-order valence-corrected chi connectivity index (χ1v) is 6.26. The summed E-state index contributed by atoms with van der Waals surface area (Å²) in [5, 5.41) is 11.3. The van der Waals surface area contributed by atoms with Crippen molar-refractivity contribution in [3.63, 3.8) is 0 Å². The van der Waals surface area contributed by atoms with Crippen molar-refractivity contribution in [1.29, 1.82) is 0 Å². The number of carboxylic acids is 1. The van der Waals surface area contributed by atoms with Crippen molar-refractivity contribution in [2.45, 2.75) is 0 Å². The molecule has 0 atom stereocenters. The number of aromatic carboxylic acids is 1. The van der Waals surface area contributed by atoms with Crippen LogP contribution < -0.4 is 5.32 Å². The van der Waals surface area contributed by atoms with Crippen LogP contribution in [0.2, 0.25) is 5.02 Å². The monoisotopic (exact) mass is 299 g/mol. The molecule has 98 valence electrons. The van der Waals surface area contributed by atoms with Crippen LogP contribution in [0.4, 0.5) is 10.1 Å². The summed E-state index contributed by atoms with van der Waals surface area (Å²) in [5.41, 5.74) is 0.262. The van der Waals surface area contributed by atoms with Gasteiger partial charge in [-0.3, -0.25) is 4.79 Å². The molecule has 2 rings (SSSR count). The third-order valence-corrected chi connectivity index (χ3v) is 3.60. The van der Waals surface area contributed by atoms with E-state index < -0.39 is 17.7 Å². The Morgan fingerprint density at radius 1 is 1.21 bits per heavy atom. The molecule has 2 N–H and O–H groups in total. The average Bonchev–Trinajstić information content (AvgIpc) is 2.82. The van der Waals surface area contributed by atoms with E-state index in [1.807, 2.05) is 0 Å². The number of halogens is 2. The zero-order valence-corrected chi connectivity index (χ0v) is 10.9. The van der Waals surface area contributed by atoms with Crippen molar-refractivity contribution in [1.82, 2.24) is 0 Å². The second-order valence-corrected chi connectivity index (χ2v) is 5.04. The van der Waals surface area contributed by atoms with Gasteiger partial charge in [0.25, 0.3) is 5.91 Å². The van der Waals surface area contributed by atoms with Crippen molar-refractivity contribution in [3.8, 4) is 0 Å². The number of amides is 1. The van der Waals surface area contributed by atoms with Gasteiger partial charge in [0.1, 0.15) is 10.7 Å². The lowest BCUT2D eigenvalue weighted by Crippen LogP contribution is -2.10. The molecular formula is C12H7ClFNO3S. The van der Waals surface area contributed by atoms with E-state index in [1.165, 1.54) is 24.3 Å². The molecule has 1 aromatic carbocycles. The van der Waals surface area contributed by atoms with Crippen LogP contribution in [-0.2, 0) is 0 Å². The summed E-state index contributed by atoms with van der Waals surface area (Å²) in [5.74, 6) is -2.10. The van der Waals surface area contributed by atoms with Gasteiger partial charge in [-0.05, 0) is 30.3 Å². The highest BCUT2D eigenvalue weighted by molar-refractivity contribution is 7.15. The number of nitrogens with one attached hydrogen (secondary N) is 1. The first kappa shape index (κ1) is 13.5. The standard InChI is InChI=1S/C12H7ClFNO3S/c13-7-5-6(14)1-2-8(7)15-11(16)9-3-4-10(19-9)12(17)18/h1-5H,(H,15,16)(H,17,18). The van der Waals surface area contributed by atoms with Crippen molar-refractivity contribution in [2.75, 3.05) is 5.32 Å². The molecule has 1 heterocycles. The molecule has 0 aliphatic rings. The van der Waals surface area contributed by atoms with Crippen molar-refractivity contribution >= 4 is 40.5 Å². The maximum atomic E-state index is 12.8. The van der Waals surface area contributed by atoms with E-state index in [0.717, 1.165) is 17.4 Å². The highest BCUT2D eigenvalue weighted by Gasteiger charge is 2.14. The van der Waals surface area contributed by atoms with Gasteiger partial charge in [0, 0.05) is 0 Å². The minimum absolute atomic E-state index is 0.0651. The van der Waals surface area contributed by atoms with E-state index in [9.17, 15) is 14.0 Å². The number of hydrogen-bond acceptors (Lipinski definition) is 3. The number of carboxylic acid groups (broad SMARTS) is 1. The van der Waals surface area contributed by atoms with Gasteiger partial charge in [-0.15, -0.1) is 11.3 Å². The second kappa shape index (κ2) is 5.38. The number of benzene rings is 1. The molecule has 0 unspecified atom stereocenters. The topological polar surface area (TPSA) is 66.4 Å². The summed E-state index contributed by atoms with van der Waals surface area (Å²) in [6.45, 7) is 0. The van der Waals surface area contributed by atoms with Crippen LogP contribution in [0.1, 0.15) is 19.3 Å². The lowest BCUT2D eigenvalue weighted by molar-refractivity contribution is 0.0702. The second-order valence-electron chi connectivity index (χ2n) is 3.55. The molecule has 0 aliphatic heterocycles. The fourth-order valence-corrected chi connectivity index (χ4v) is 2.30. The molecule has 7 heteroatoms. The normalized spacial score (nSPS) is 10.2. The lowest BCUT2D eigenvalue weighted by atomic mass is 10.3. The van der Waals surface area contributed by atoms with Gasteiger partial charge >= 0.3 is 5.97 Å². The van der Waals surface area contributed by atoms with Crippen LogP contribution in [-0.4, -0.2) is 17.0 Å². The van der Waals surface area contributed by atoms with Gasteiger partial charge in [-0.1, -0.05) is 11.6 Å². The predicted octanol–water partition coefficient (Wildman–Crippen LogP) is 3.49. The number of carbonyl (C=O) groups is 2. The molecule has 1 amide bonds. The molecule has 2 aromatic rings. The summed E-state index contributed by atoms with van der Waals surface area (Å²) < 4.78 is 12.8. The van der Waals surface area contributed by atoms with Gasteiger partial charge < -0.3 is 10.4 Å². The molecule has 0 spiro atoms. The molecule has 19 heavy (non-hydrogen) atoms. The Hall–Kier alpha value is -1.92. The first-order valence-electron chi connectivity index (χ1n) is 5.07. The first-order chi connectivity index (χ1) is 8.97. The Morgan fingerprint density at radius 2 is 1.89 bits per heavy atom. The van der Waals surface area contributed by atoms with E-state index in [2.05, 4.69) is 5.32 Å². The number of hydrogen-bond donors (Lipinski definition) is 2. The summed E-state index contributed by atoms with van der Waals surface area (Å²) >= 11 is 6.62. The minimum atomic E-state index is -1.09. The van der Waals surface area contributed by atoms with Crippen LogP contribution in [0.15, 0.2) is 30.3 Å². The summed E-state index contributed by atoms with van der Waals surface area (Å²) in [6.07, 6.45) is 0. The Morgan fingerprint density at radius 3 is 2.47 bits per heavy atom. The third-order valence-electron chi connectivity index (χ3n) is 2.22. The molecular weight excluding hydrogens is 293 g/mol. The van der Waals surface area contributed by atoms with E-state index in [1.54, 1.807) is 0 Å². The van der Waals surface area contributed by atoms with E-state index in [0.29, 0.717) is 0 Å². The van der Waals surface area contributed by atoms with Crippen LogP contribution in [0.25, 0.3) is 0 Å². The lowest BCUT2D eigenvalue weighted by Gasteiger charge is -2.05. The van der Waals surface area contributed by atoms with E-state index in [4.69, 9.17) is 16.7 Å². The smallest absolute Gasteiger partial charge is 0.345 e. The zero-order chi connectivity index (χ0) is 14.0. The molecule has 0 fully saturated rings. The fourth-order valence-electron chi connectivity index (χ4n) is 1.35. The number of rotatable bonds is 3. The Bertz CT molecular complexity index is 656. The maximum absolute atomic E-state index is 12.8. The van der Waals surface area contributed by atoms with Gasteiger partial charge in [-0.25, -0.2) is 9.18 Å². The minimum Gasteiger partial charge on any atom is -0.477 e. The Labute approximate surface area is 116 Å². The molecule has 0 bridgehead atoms. The van der Waals surface area contributed by atoms with E-state index >= 15 is 0 Å². The van der Waals surface area contributed by atoms with Crippen LogP contribution in [0.5, 0.6) is 0 Å². The van der Waals surface area contributed by atoms with Gasteiger partial charge in [0.15, 0.2) is 0 Å². The largest absolute Gasteiger partial charge is 0.477 e. The Kier molecular flexibility index (Phi) is 3.82. The van der Waals surface area contributed by atoms with Gasteiger partial charge in [0.2, 0.25) is 0 Å².